The Morgan fingerprint density at radius 2 is 2.29 bits per heavy atom. The molecule has 1 aliphatic rings. The molecule has 6 heteroatoms. The first-order valence-electron chi connectivity index (χ1n) is 3.74. The molecule has 0 unspecified atom stereocenters. The minimum absolute atomic E-state index is 0.0370. The summed E-state index contributed by atoms with van der Waals surface area (Å²) in [4.78, 5) is 10.9. The van der Waals surface area contributed by atoms with Crippen LogP contribution >= 0.6 is 0 Å². The molecule has 14 heavy (non-hydrogen) atoms. The molecule has 0 fully saturated rings. The van der Waals surface area contributed by atoms with Gasteiger partial charge in [0.15, 0.2) is 0 Å². The number of carbonyl (C=O) groups is 1. The zero-order chi connectivity index (χ0) is 10.3. The highest BCUT2D eigenvalue weighted by atomic mass is 16.4. The number of hydrogen-bond donors (Lipinski definition) is 2. The summed E-state index contributed by atoms with van der Waals surface area (Å²) >= 11 is 0. The molecule has 1 heterocycles. The summed E-state index contributed by atoms with van der Waals surface area (Å²) in [6.45, 7) is 3.57. The smallest absolute Gasteiger partial charge is 0.338 e. The first-order chi connectivity index (χ1) is 6.61. The van der Waals surface area contributed by atoms with E-state index in [9.17, 15) is 4.79 Å². The molecule has 70 valence electrons. The highest BCUT2D eigenvalue weighted by Crippen LogP contribution is 2.15. The van der Waals surface area contributed by atoms with E-state index in [2.05, 4.69) is 22.0 Å². The second-order valence-corrected chi connectivity index (χ2v) is 2.78. The molecule has 0 radical (unpaired) electrons. The van der Waals surface area contributed by atoms with Crippen molar-refractivity contribution in [3.8, 4) is 0 Å². The average molecular weight is 190 g/mol. The number of nitrogens with two attached hydrogens (primary N) is 1. The molecule has 1 aromatic carbocycles. The summed E-state index contributed by atoms with van der Waals surface area (Å²) in [6.07, 6.45) is 0. The number of rotatable bonds is 1. The lowest BCUT2D eigenvalue weighted by Crippen LogP contribution is -2.22. The number of hydrogen-bond acceptors (Lipinski definition) is 5. The van der Waals surface area contributed by atoms with Crippen LogP contribution in [0, 0.1) is 0 Å². The molecule has 0 atom stereocenters. The maximum Gasteiger partial charge on any atom is 0.338 e. The van der Waals surface area contributed by atoms with Crippen molar-refractivity contribution in [2.75, 3.05) is 5.73 Å². The van der Waals surface area contributed by atoms with E-state index in [1.54, 1.807) is 0 Å². The van der Waals surface area contributed by atoms with E-state index in [4.69, 9.17) is 10.8 Å². The van der Waals surface area contributed by atoms with Crippen LogP contribution in [0.1, 0.15) is 10.4 Å². The number of nitrogen functional groups attached to an aromatic ring is 1. The van der Waals surface area contributed by atoms with E-state index in [1.165, 1.54) is 6.07 Å². The van der Waals surface area contributed by atoms with Gasteiger partial charge >= 0.3 is 5.97 Å². The van der Waals surface area contributed by atoms with Crippen LogP contribution in [-0.4, -0.2) is 11.1 Å². The lowest BCUT2D eigenvalue weighted by molar-refractivity contribution is 0.0696. The summed E-state index contributed by atoms with van der Waals surface area (Å²) in [5.41, 5.74) is 6.02. The molecule has 0 bridgehead atoms. The maximum atomic E-state index is 10.9. The van der Waals surface area contributed by atoms with Gasteiger partial charge in [-0.25, -0.2) is 4.79 Å². The second kappa shape index (κ2) is 2.63. The second-order valence-electron chi connectivity index (χ2n) is 2.78. The zero-order valence-corrected chi connectivity index (χ0v) is 7.06. The van der Waals surface area contributed by atoms with E-state index in [1.807, 2.05) is 0 Å². The fourth-order valence-electron chi connectivity index (χ4n) is 1.24. The Morgan fingerprint density at radius 1 is 1.57 bits per heavy atom. The topological polar surface area (TPSA) is 100 Å². The first-order valence-corrected chi connectivity index (χ1v) is 3.74. The first kappa shape index (κ1) is 8.36. The predicted molar refractivity (Wildman–Crippen MR) is 48.6 cm³/mol. The summed E-state index contributed by atoms with van der Waals surface area (Å²) in [5.74, 6) is -1.13. The highest BCUT2D eigenvalue weighted by Gasteiger charge is 2.17. The van der Waals surface area contributed by atoms with E-state index in [0.29, 0.717) is 5.36 Å². The summed E-state index contributed by atoms with van der Waals surface area (Å²) in [7, 11) is 0. The molecular formula is C8H6N4O2. The van der Waals surface area contributed by atoms with Crippen LogP contribution < -0.4 is 16.3 Å². The third-order valence-electron chi connectivity index (χ3n) is 1.93. The predicted octanol–water partition coefficient (Wildman–Crippen LogP) is 0.00920. The van der Waals surface area contributed by atoms with E-state index in [0.717, 1.165) is 0 Å². The van der Waals surface area contributed by atoms with Gasteiger partial charge in [0.1, 0.15) is 11.0 Å². The van der Waals surface area contributed by atoms with Crippen molar-refractivity contribution in [1.82, 2.24) is 0 Å². The Hall–Kier alpha value is -2.24. The van der Waals surface area contributed by atoms with Gasteiger partial charge in [0.2, 0.25) is 0 Å². The number of aromatic carboxylic acids is 1. The molecule has 6 nitrogen and oxygen atoms in total. The summed E-state index contributed by atoms with van der Waals surface area (Å²) < 4.78 is 0. The van der Waals surface area contributed by atoms with E-state index in [-0.39, 0.29) is 22.2 Å². The van der Waals surface area contributed by atoms with Crippen LogP contribution in [0.4, 0.5) is 11.4 Å². The van der Waals surface area contributed by atoms with Gasteiger partial charge < -0.3 is 10.8 Å². The molecule has 2 rings (SSSR count). The van der Waals surface area contributed by atoms with Crippen LogP contribution in [0.5, 0.6) is 0 Å². The molecule has 0 aliphatic carbocycles. The molecular weight excluding hydrogens is 184 g/mol. The molecule has 1 aliphatic heterocycles. The number of carboxylic acids is 1. The van der Waals surface area contributed by atoms with Gasteiger partial charge in [0.25, 0.3) is 0 Å². The molecule has 0 saturated carbocycles. The van der Waals surface area contributed by atoms with Crippen molar-refractivity contribution in [3.05, 3.63) is 22.2 Å². The minimum atomic E-state index is -1.13. The SMILES string of the molecule is C=c1c(N)cc2c(c1C(=O)O)N=NN=2. The Morgan fingerprint density at radius 3 is 2.93 bits per heavy atom. The van der Waals surface area contributed by atoms with Gasteiger partial charge in [-0.3, -0.25) is 0 Å². The molecule has 0 spiro atoms. The number of anilines is 1. The summed E-state index contributed by atoms with van der Waals surface area (Å²) in [6, 6.07) is 1.50. The van der Waals surface area contributed by atoms with Crippen molar-refractivity contribution >= 4 is 23.9 Å². The van der Waals surface area contributed by atoms with Gasteiger partial charge in [-0.15, -0.1) is 10.2 Å². The van der Waals surface area contributed by atoms with Gasteiger partial charge in [-0.2, -0.15) is 0 Å². The zero-order valence-electron chi connectivity index (χ0n) is 7.06. The van der Waals surface area contributed by atoms with Crippen LogP contribution in [-0.2, 0) is 0 Å². The van der Waals surface area contributed by atoms with Gasteiger partial charge in [-0.1, -0.05) is 6.58 Å². The third-order valence-corrected chi connectivity index (χ3v) is 1.93. The highest BCUT2D eigenvalue weighted by molar-refractivity contribution is 5.94. The molecule has 0 amide bonds. The Labute approximate surface area is 78.1 Å². The molecule has 0 aromatic heterocycles. The average Bonchev–Trinajstić information content (AvgIpc) is 2.52. The fourth-order valence-corrected chi connectivity index (χ4v) is 1.24. The monoisotopic (exact) mass is 190 g/mol. The normalized spacial score (nSPS) is 12.3. The quantitative estimate of drug-likeness (QED) is 0.610. The summed E-state index contributed by atoms with van der Waals surface area (Å²) in [5, 5.41) is 20.1. The van der Waals surface area contributed by atoms with Gasteiger partial charge in [0, 0.05) is 10.9 Å². The van der Waals surface area contributed by atoms with Crippen LogP contribution in [0.2, 0.25) is 0 Å². The van der Waals surface area contributed by atoms with Crippen LogP contribution in [0.15, 0.2) is 21.5 Å². The van der Waals surface area contributed by atoms with Crippen LogP contribution in [0.25, 0.3) is 6.58 Å². The Balaban J connectivity index is 2.95. The molecule has 1 aromatic rings. The number of fused-ring (bicyclic) bond motifs is 1. The Kier molecular flexibility index (Phi) is 1.57. The van der Waals surface area contributed by atoms with Crippen molar-refractivity contribution in [2.45, 2.75) is 0 Å². The lowest BCUT2D eigenvalue weighted by atomic mass is 10.1. The van der Waals surface area contributed by atoms with Crippen LogP contribution in [0.3, 0.4) is 0 Å². The fraction of sp³-hybridized carbons (Fsp3) is 0. The minimum Gasteiger partial charge on any atom is -0.478 e. The number of benzene rings is 1. The molecule has 3 N–H and O–H groups in total. The van der Waals surface area contributed by atoms with Crippen molar-refractivity contribution < 1.29 is 9.90 Å². The number of nitrogens with zero attached hydrogens (tertiary/aromatic N) is 3. The van der Waals surface area contributed by atoms with Crippen molar-refractivity contribution in [1.29, 1.82) is 0 Å². The maximum absolute atomic E-state index is 10.9. The standard InChI is InChI=1S/C8H6N4O2/c1-3-4(9)2-5-7(11-12-10-5)6(3)8(13)14/h2H,1,9H2,(H,13,14). The third kappa shape index (κ3) is 0.972. The van der Waals surface area contributed by atoms with Gasteiger partial charge in [-0.05, 0) is 11.3 Å². The lowest BCUT2D eigenvalue weighted by Gasteiger charge is -2.00. The number of carboxylic acid groups (broad SMARTS) is 1. The van der Waals surface area contributed by atoms with Gasteiger partial charge in [0.05, 0.1) is 5.56 Å². The largest absolute Gasteiger partial charge is 0.478 e. The van der Waals surface area contributed by atoms with E-state index < -0.39 is 5.97 Å². The van der Waals surface area contributed by atoms with Crippen molar-refractivity contribution in [3.63, 3.8) is 0 Å². The van der Waals surface area contributed by atoms with E-state index >= 15 is 0 Å². The molecule has 0 saturated heterocycles. The van der Waals surface area contributed by atoms with Crippen molar-refractivity contribution in [2.24, 2.45) is 15.4 Å². The Bertz CT molecular complexity index is 562.